The fourth-order valence-electron chi connectivity index (χ4n) is 1.59. The average molecular weight is 336 g/mol. The third kappa shape index (κ3) is 2.71. The Balaban J connectivity index is 1.94. The highest BCUT2D eigenvalue weighted by Crippen LogP contribution is 2.29. The number of rotatable bonds is 3. The monoisotopic (exact) mass is 334 g/mol. The van der Waals surface area contributed by atoms with Crippen molar-refractivity contribution < 1.29 is 4.74 Å². The van der Waals surface area contributed by atoms with Crippen LogP contribution >= 0.6 is 31.9 Å². The Kier molecular flexibility index (Phi) is 3.64. The molecule has 1 N–H and O–H groups in total. The van der Waals surface area contributed by atoms with Crippen LogP contribution in [0.15, 0.2) is 21.2 Å². The molecule has 0 atom stereocenters. The van der Waals surface area contributed by atoms with E-state index < -0.39 is 0 Å². The molecule has 3 nitrogen and oxygen atoms in total. The largest absolute Gasteiger partial charge is 0.381 e. The number of nitrogens with one attached hydrogen (secondary N) is 1. The van der Waals surface area contributed by atoms with Crippen molar-refractivity contribution in [3.8, 4) is 0 Å². The standard InChI is InChI=1S/C10H12Br2N2O/c1-15-8-3-7(4-8)14-10-9(12)2-6(11)5-13-10/h2,5,7-8H,3-4H2,1H3,(H,13,14). The van der Waals surface area contributed by atoms with Gasteiger partial charge < -0.3 is 10.1 Å². The second kappa shape index (κ2) is 4.80. The number of methoxy groups -OCH3 is 1. The second-order valence-corrected chi connectivity index (χ2v) is 5.42. The summed E-state index contributed by atoms with van der Waals surface area (Å²) in [7, 11) is 1.76. The van der Waals surface area contributed by atoms with Crippen LogP contribution in [-0.2, 0) is 4.74 Å². The molecule has 1 heterocycles. The molecule has 1 aromatic rings. The zero-order valence-corrected chi connectivity index (χ0v) is 11.5. The van der Waals surface area contributed by atoms with Crippen molar-refractivity contribution in [3.05, 3.63) is 21.2 Å². The Hall–Kier alpha value is -0.130. The predicted molar refractivity (Wildman–Crippen MR) is 67.1 cm³/mol. The number of nitrogens with zero attached hydrogens (tertiary/aromatic N) is 1. The highest BCUT2D eigenvalue weighted by atomic mass is 79.9. The maximum absolute atomic E-state index is 5.22. The maximum atomic E-state index is 5.22. The predicted octanol–water partition coefficient (Wildman–Crippen LogP) is 3.20. The molecule has 15 heavy (non-hydrogen) atoms. The van der Waals surface area contributed by atoms with Crippen LogP contribution in [-0.4, -0.2) is 24.2 Å². The molecular formula is C10H12Br2N2O. The van der Waals surface area contributed by atoms with Crippen LogP contribution in [0.2, 0.25) is 0 Å². The molecule has 0 radical (unpaired) electrons. The summed E-state index contributed by atoms with van der Waals surface area (Å²) < 4.78 is 7.18. The Morgan fingerprint density at radius 2 is 2.20 bits per heavy atom. The van der Waals surface area contributed by atoms with Gasteiger partial charge in [0.05, 0.1) is 10.6 Å². The van der Waals surface area contributed by atoms with Gasteiger partial charge in [0, 0.05) is 23.8 Å². The van der Waals surface area contributed by atoms with Crippen molar-refractivity contribution in [2.24, 2.45) is 0 Å². The summed E-state index contributed by atoms with van der Waals surface area (Å²) in [6.45, 7) is 0. The van der Waals surface area contributed by atoms with Crippen LogP contribution in [0.25, 0.3) is 0 Å². The van der Waals surface area contributed by atoms with Gasteiger partial charge in [-0.3, -0.25) is 0 Å². The van der Waals surface area contributed by atoms with E-state index in [1.807, 2.05) is 6.07 Å². The van der Waals surface area contributed by atoms with Crippen molar-refractivity contribution in [2.75, 3.05) is 12.4 Å². The molecule has 1 aromatic heterocycles. The van der Waals surface area contributed by atoms with Crippen molar-refractivity contribution in [3.63, 3.8) is 0 Å². The van der Waals surface area contributed by atoms with Gasteiger partial charge in [0.15, 0.2) is 0 Å². The zero-order valence-electron chi connectivity index (χ0n) is 8.34. The Morgan fingerprint density at radius 1 is 1.47 bits per heavy atom. The smallest absolute Gasteiger partial charge is 0.140 e. The maximum Gasteiger partial charge on any atom is 0.140 e. The fraction of sp³-hybridized carbons (Fsp3) is 0.500. The van der Waals surface area contributed by atoms with Crippen LogP contribution in [0.1, 0.15) is 12.8 Å². The molecule has 1 aliphatic rings. The van der Waals surface area contributed by atoms with Gasteiger partial charge in [0.25, 0.3) is 0 Å². The first-order chi connectivity index (χ1) is 7.19. The summed E-state index contributed by atoms with van der Waals surface area (Å²) in [5.74, 6) is 0.901. The molecule has 0 unspecified atom stereocenters. The molecule has 0 aliphatic heterocycles. The Morgan fingerprint density at radius 3 is 2.80 bits per heavy atom. The first kappa shape index (κ1) is 11.4. The van der Waals surface area contributed by atoms with E-state index in [0.717, 1.165) is 27.6 Å². The van der Waals surface area contributed by atoms with Crippen LogP contribution in [0.3, 0.4) is 0 Å². The lowest BCUT2D eigenvalue weighted by Crippen LogP contribution is -2.40. The van der Waals surface area contributed by atoms with Crippen molar-refractivity contribution in [1.29, 1.82) is 0 Å². The molecule has 0 saturated heterocycles. The number of aromatic nitrogens is 1. The Bertz CT molecular complexity index is 353. The topological polar surface area (TPSA) is 34.1 Å². The van der Waals surface area contributed by atoms with E-state index in [0.29, 0.717) is 12.1 Å². The van der Waals surface area contributed by atoms with Crippen LogP contribution in [0.4, 0.5) is 5.82 Å². The van der Waals surface area contributed by atoms with E-state index >= 15 is 0 Å². The molecular weight excluding hydrogens is 324 g/mol. The van der Waals surface area contributed by atoms with E-state index in [2.05, 4.69) is 42.2 Å². The van der Waals surface area contributed by atoms with Gasteiger partial charge in [-0.05, 0) is 50.8 Å². The minimum absolute atomic E-state index is 0.414. The van der Waals surface area contributed by atoms with Crippen molar-refractivity contribution in [1.82, 2.24) is 4.98 Å². The summed E-state index contributed by atoms with van der Waals surface area (Å²) in [5, 5.41) is 3.38. The average Bonchev–Trinajstić information content (AvgIpc) is 2.13. The molecule has 0 spiro atoms. The van der Waals surface area contributed by atoms with Crippen LogP contribution in [0, 0.1) is 0 Å². The minimum Gasteiger partial charge on any atom is -0.381 e. The fourth-order valence-corrected chi connectivity index (χ4v) is 2.69. The molecule has 2 rings (SSSR count). The second-order valence-electron chi connectivity index (χ2n) is 3.65. The lowest BCUT2D eigenvalue weighted by molar-refractivity contribution is 0.0328. The van der Waals surface area contributed by atoms with Crippen molar-refractivity contribution >= 4 is 37.7 Å². The van der Waals surface area contributed by atoms with Gasteiger partial charge in [0.2, 0.25) is 0 Å². The SMILES string of the molecule is COC1CC(Nc2ncc(Br)cc2Br)C1. The molecule has 1 fully saturated rings. The van der Waals surface area contributed by atoms with Gasteiger partial charge >= 0.3 is 0 Å². The zero-order chi connectivity index (χ0) is 10.8. The quantitative estimate of drug-likeness (QED) is 0.921. The van der Waals surface area contributed by atoms with E-state index in [-0.39, 0.29) is 0 Å². The van der Waals surface area contributed by atoms with E-state index in [1.165, 1.54) is 0 Å². The van der Waals surface area contributed by atoms with Crippen LogP contribution < -0.4 is 5.32 Å². The summed E-state index contributed by atoms with van der Waals surface area (Å²) in [4.78, 5) is 4.30. The number of hydrogen-bond donors (Lipinski definition) is 1. The van der Waals surface area contributed by atoms with Gasteiger partial charge in [-0.25, -0.2) is 4.98 Å². The van der Waals surface area contributed by atoms with Crippen molar-refractivity contribution in [2.45, 2.75) is 25.0 Å². The van der Waals surface area contributed by atoms with E-state index in [1.54, 1.807) is 13.3 Å². The molecule has 0 aromatic carbocycles. The lowest BCUT2D eigenvalue weighted by Gasteiger charge is -2.35. The number of hydrogen-bond acceptors (Lipinski definition) is 3. The minimum atomic E-state index is 0.414. The summed E-state index contributed by atoms with van der Waals surface area (Å²) >= 11 is 6.85. The summed E-state index contributed by atoms with van der Waals surface area (Å²) in [6, 6.07) is 2.47. The third-order valence-corrected chi connectivity index (χ3v) is 3.61. The highest BCUT2D eigenvalue weighted by molar-refractivity contribution is 9.11. The van der Waals surface area contributed by atoms with E-state index in [4.69, 9.17) is 4.74 Å². The van der Waals surface area contributed by atoms with Gasteiger partial charge in [-0.1, -0.05) is 0 Å². The number of halogens is 2. The van der Waals surface area contributed by atoms with E-state index in [9.17, 15) is 0 Å². The lowest BCUT2D eigenvalue weighted by atomic mass is 9.89. The molecule has 0 amide bonds. The molecule has 82 valence electrons. The molecule has 5 heteroatoms. The molecule has 1 aliphatic carbocycles. The number of pyridine rings is 1. The molecule has 1 saturated carbocycles. The first-order valence-corrected chi connectivity index (χ1v) is 6.38. The number of anilines is 1. The van der Waals surface area contributed by atoms with Crippen LogP contribution in [0.5, 0.6) is 0 Å². The number of ether oxygens (including phenoxy) is 1. The third-order valence-electron chi connectivity index (χ3n) is 2.58. The molecule has 0 bridgehead atoms. The van der Waals surface area contributed by atoms with Gasteiger partial charge in [-0.2, -0.15) is 0 Å². The summed E-state index contributed by atoms with van der Waals surface area (Å²) in [6.07, 6.45) is 4.32. The Labute approximate surface area is 106 Å². The van der Waals surface area contributed by atoms with Gasteiger partial charge in [-0.15, -0.1) is 0 Å². The normalized spacial score (nSPS) is 24.7. The highest BCUT2D eigenvalue weighted by Gasteiger charge is 2.29. The van der Waals surface area contributed by atoms with Gasteiger partial charge in [0.1, 0.15) is 5.82 Å². The summed E-state index contributed by atoms with van der Waals surface area (Å²) in [5.41, 5.74) is 0. The first-order valence-electron chi connectivity index (χ1n) is 4.79.